The first-order valence-corrected chi connectivity index (χ1v) is 4.37. The van der Waals surface area contributed by atoms with Crippen LogP contribution in [-0.4, -0.2) is 13.7 Å². The second-order valence-electron chi connectivity index (χ2n) is 1.42. The van der Waals surface area contributed by atoms with Crippen molar-refractivity contribution in [3.05, 3.63) is 24.5 Å². The number of nitrogens with zero attached hydrogens (tertiary/aromatic N) is 1. The molecular formula is C7H10NO2S-. The van der Waals surface area contributed by atoms with E-state index >= 15 is 0 Å². The summed E-state index contributed by atoms with van der Waals surface area (Å²) in [4.78, 5) is 3.83. The molecule has 11 heavy (non-hydrogen) atoms. The van der Waals surface area contributed by atoms with Crippen molar-refractivity contribution < 1.29 is 8.76 Å². The molecule has 0 aromatic carbocycles. The zero-order valence-corrected chi connectivity index (χ0v) is 7.30. The van der Waals surface area contributed by atoms with Gasteiger partial charge in [-0.1, -0.05) is 13.8 Å². The molecule has 1 heterocycles. The third kappa shape index (κ3) is 3.85. The fourth-order valence-corrected chi connectivity index (χ4v) is 0.782. The molecule has 0 amide bonds. The molecule has 62 valence electrons. The molecule has 3 nitrogen and oxygen atoms in total. The fourth-order valence-electron chi connectivity index (χ4n) is 0.446. The maximum absolute atomic E-state index is 10.2. The van der Waals surface area contributed by atoms with Gasteiger partial charge in [-0.25, -0.2) is 0 Å². The molecule has 1 unspecified atom stereocenters. The van der Waals surface area contributed by atoms with Crippen LogP contribution in [0.5, 0.6) is 0 Å². The molecule has 0 saturated heterocycles. The van der Waals surface area contributed by atoms with Crippen LogP contribution in [0, 0.1) is 0 Å². The van der Waals surface area contributed by atoms with Gasteiger partial charge in [-0.3, -0.25) is 9.19 Å². The topological polar surface area (TPSA) is 53.0 Å². The maximum Gasteiger partial charge on any atom is 0.0432 e. The van der Waals surface area contributed by atoms with E-state index in [1.807, 2.05) is 13.8 Å². The van der Waals surface area contributed by atoms with Crippen LogP contribution in [0.15, 0.2) is 29.4 Å². The summed E-state index contributed by atoms with van der Waals surface area (Å²) < 4.78 is 20.3. The molecular weight excluding hydrogens is 162 g/mol. The van der Waals surface area contributed by atoms with E-state index in [0.717, 1.165) is 0 Å². The van der Waals surface area contributed by atoms with E-state index in [0.29, 0.717) is 0 Å². The molecule has 0 N–H and O–H groups in total. The lowest BCUT2D eigenvalue weighted by Gasteiger charge is -2.00. The van der Waals surface area contributed by atoms with Crippen LogP contribution >= 0.6 is 0 Å². The van der Waals surface area contributed by atoms with Crippen LogP contribution in [-0.2, 0) is 11.1 Å². The van der Waals surface area contributed by atoms with Gasteiger partial charge in [0.25, 0.3) is 0 Å². The molecule has 1 aromatic rings. The second kappa shape index (κ2) is 6.00. The first-order valence-electron chi connectivity index (χ1n) is 3.30. The van der Waals surface area contributed by atoms with Crippen LogP contribution < -0.4 is 0 Å². The fraction of sp³-hybridized carbons (Fsp3) is 0.286. The number of hydrogen-bond donors (Lipinski definition) is 0. The van der Waals surface area contributed by atoms with Crippen LogP contribution in [0.2, 0.25) is 0 Å². The van der Waals surface area contributed by atoms with E-state index in [-0.39, 0.29) is 4.90 Å². The number of rotatable bonds is 1. The average Bonchev–Trinajstić information content (AvgIpc) is 2.10. The molecule has 4 heteroatoms. The first kappa shape index (κ1) is 10.3. The van der Waals surface area contributed by atoms with Crippen molar-refractivity contribution in [3.63, 3.8) is 0 Å². The predicted octanol–water partition coefficient (Wildman–Crippen LogP) is 1.35. The molecule has 0 bridgehead atoms. The van der Waals surface area contributed by atoms with E-state index in [1.54, 1.807) is 6.07 Å². The van der Waals surface area contributed by atoms with Gasteiger partial charge in [0.15, 0.2) is 0 Å². The van der Waals surface area contributed by atoms with Crippen molar-refractivity contribution in [2.75, 3.05) is 0 Å². The maximum atomic E-state index is 10.2. The van der Waals surface area contributed by atoms with Gasteiger partial charge in [0.1, 0.15) is 0 Å². The highest BCUT2D eigenvalue weighted by atomic mass is 32.2. The minimum Gasteiger partial charge on any atom is -0.768 e. The summed E-state index contributed by atoms with van der Waals surface area (Å²) in [5.74, 6) is 0. The first-order chi connectivity index (χ1) is 5.30. The Bertz CT molecular complexity index is 213. The molecule has 0 aliphatic heterocycles. The Morgan fingerprint density at radius 3 is 2.45 bits per heavy atom. The Morgan fingerprint density at radius 1 is 1.55 bits per heavy atom. The third-order valence-electron chi connectivity index (χ3n) is 0.827. The lowest BCUT2D eigenvalue weighted by atomic mass is 10.5. The molecule has 0 aliphatic rings. The number of pyridine rings is 1. The van der Waals surface area contributed by atoms with Crippen LogP contribution in [0.1, 0.15) is 13.8 Å². The Morgan fingerprint density at radius 2 is 2.18 bits per heavy atom. The van der Waals surface area contributed by atoms with Gasteiger partial charge >= 0.3 is 0 Å². The number of hydrogen-bond acceptors (Lipinski definition) is 3. The van der Waals surface area contributed by atoms with Crippen molar-refractivity contribution in [3.8, 4) is 0 Å². The van der Waals surface area contributed by atoms with Crippen molar-refractivity contribution in [2.45, 2.75) is 18.7 Å². The van der Waals surface area contributed by atoms with E-state index in [9.17, 15) is 8.76 Å². The van der Waals surface area contributed by atoms with Crippen molar-refractivity contribution in [1.29, 1.82) is 0 Å². The third-order valence-corrected chi connectivity index (χ3v) is 1.45. The molecule has 0 spiro atoms. The summed E-state index contributed by atoms with van der Waals surface area (Å²) in [5, 5.41) is 0. The lowest BCUT2D eigenvalue weighted by Crippen LogP contribution is -1.87. The Hall–Kier alpha value is -0.740. The van der Waals surface area contributed by atoms with Gasteiger partial charge in [0, 0.05) is 17.3 Å². The Balaban J connectivity index is 0.000000461. The van der Waals surface area contributed by atoms with E-state index in [2.05, 4.69) is 4.98 Å². The summed E-state index contributed by atoms with van der Waals surface area (Å²) in [6, 6.07) is 3.06. The zero-order valence-electron chi connectivity index (χ0n) is 6.48. The minimum atomic E-state index is -2.14. The van der Waals surface area contributed by atoms with Gasteiger partial charge < -0.3 is 4.55 Å². The van der Waals surface area contributed by atoms with Crippen molar-refractivity contribution >= 4 is 11.1 Å². The normalized spacial score (nSPS) is 11.2. The highest BCUT2D eigenvalue weighted by Gasteiger charge is 1.85. The lowest BCUT2D eigenvalue weighted by molar-refractivity contribution is 0.536. The standard InChI is InChI=1S/C5H5NO2S.C2H6/c7-9(8)5-2-1-3-6-4-5;1-2/h1-4H,(H,7,8);1-2H3/p-1. The zero-order chi connectivity index (χ0) is 8.69. The highest BCUT2D eigenvalue weighted by molar-refractivity contribution is 7.79. The van der Waals surface area contributed by atoms with Gasteiger partial charge in [-0.2, -0.15) is 0 Å². The van der Waals surface area contributed by atoms with Gasteiger partial charge in [-0.05, 0) is 23.2 Å². The number of aromatic nitrogens is 1. The molecule has 1 aromatic heterocycles. The van der Waals surface area contributed by atoms with Crippen LogP contribution in [0.25, 0.3) is 0 Å². The molecule has 1 rings (SSSR count). The molecule has 0 fully saturated rings. The van der Waals surface area contributed by atoms with Gasteiger partial charge in [-0.15, -0.1) is 0 Å². The predicted molar refractivity (Wildman–Crippen MR) is 42.8 cm³/mol. The van der Waals surface area contributed by atoms with E-state index in [4.69, 9.17) is 0 Å². The summed E-state index contributed by atoms with van der Waals surface area (Å²) in [6.45, 7) is 4.00. The smallest absolute Gasteiger partial charge is 0.0432 e. The molecule has 0 radical (unpaired) electrons. The second-order valence-corrected chi connectivity index (χ2v) is 2.36. The highest BCUT2D eigenvalue weighted by Crippen LogP contribution is 1.98. The van der Waals surface area contributed by atoms with Crippen LogP contribution in [0.3, 0.4) is 0 Å². The van der Waals surface area contributed by atoms with Gasteiger partial charge in [0.2, 0.25) is 0 Å². The monoisotopic (exact) mass is 172 g/mol. The van der Waals surface area contributed by atoms with Gasteiger partial charge in [0.05, 0.1) is 0 Å². The quantitative estimate of drug-likeness (QED) is 0.601. The SMILES string of the molecule is CC.O=S([O-])c1cccnc1. The Kier molecular flexibility index (Phi) is 5.60. The largest absolute Gasteiger partial charge is 0.768 e. The molecule has 0 aliphatic carbocycles. The summed E-state index contributed by atoms with van der Waals surface area (Å²) >= 11 is -2.14. The molecule has 1 atom stereocenters. The average molecular weight is 172 g/mol. The summed E-state index contributed by atoms with van der Waals surface area (Å²) in [6.07, 6.45) is 2.82. The van der Waals surface area contributed by atoms with E-state index < -0.39 is 11.1 Å². The van der Waals surface area contributed by atoms with Crippen LogP contribution in [0.4, 0.5) is 0 Å². The minimum absolute atomic E-state index is 0.220. The van der Waals surface area contributed by atoms with E-state index in [1.165, 1.54) is 18.5 Å². The summed E-state index contributed by atoms with van der Waals surface area (Å²) in [7, 11) is 0. The Labute approximate surface area is 68.8 Å². The van der Waals surface area contributed by atoms with Crippen molar-refractivity contribution in [2.24, 2.45) is 0 Å². The van der Waals surface area contributed by atoms with Crippen molar-refractivity contribution in [1.82, 2.24) is 4.98 Å². The molecule has 0 saturated carbocycles. The summed E-state index contributed by atoms with van der Waals surface area (Å²) in [5.41, 5.74) is 0.